The molecule has 0 aromatic heterocycles. The Morgan fingerprint density at radius 3 is 2.59 bits per heavy atom. The molecule has 6 nitrogen and oxygen atoms in total. The number of nitriles is 1. The number of nitrogens with zero attached hydrogens (tertiary/aromatic N) is 3. The zero-order chi connectivity index (χ0) is 19.1. The van der Waals surface area contributed by atoms with Crippen LogP contribution in [0.2, 0.25) is 0 Å². The standard InChI is InChI=1S/C20H25N3O3S/c21-12-16-3-5-17(6-4-16)14-27-15-19(24)23-7-1-2-18(13-23)20(25)22-8-10-26-11-9-22/h3-6,18H,1-2,7-11,13-15H2. The molecule has 144 valence electrons. The van der Waals surface area contributed by atoms with Crippen LogP contribution in [0.1, 0.15) is 24.0 Å². The highest BCUT2D eigenvalue weighted by atomic mass is 32.2. The van der Waals surface area contributed by atoms with E-state index in [9.17, 15) is 9.59 Å². The smallest absolute Gasteiger partial charge is 0.232 e. The fourth-order valence-corrected chi connectivity index (χ4v) is 4.36. The molecule has 2 amide bonds. The summed E-state index contributed by atoms with van der Waals surface area (Å²) in [6.45, 7) is 3.79. The molecule has 1 aromatic rings. The van der Waals surface area contributed by atoms with Crippen molar-refractivity contribution in [2.75, 3.05) is 45.1 Å². The van der Waals surface area contributed by atoms with Gasteiger partial charge in [0, 0.05) is 31.9 Å². The number of carbonyl (C=O) groups is 2. The van der Waals surface area contributed by atoms with Crippen LogP contribution < -0.4 is 0 Å². The lowest BCUT2D eigenvalue weighted by Gasteiger charge is -2.36. The van der Waals surface area contributed by atoms with E-state index in [2.05, 4.69) is 6.07 Å². The Kier molecular flexibility index (Phi) is 7.13. The normalized spacial score (nSPS) is 20.2. The summed E-state index contributed by atoms with van der Waals surface area (Å²) < 4.78 is 5.31. The molecule has 0 spiro atoms. The van der Waals surface area contributed by atoms with E-state index >= 15 is 0 Å². The molecule has 0 bridgehead atoms. The number of amides is 2. The Balaban J connectivity index is 1.44. The van der Waals surface area contributed by atoms with E-state index in [1.54, 1.807) is 23.9 Å². The molecule has 2 fully saturated rings. The third-order valence-corrected chi connectivity index (χ3v) is 6.01. The second-order valence-electron chi connectivity index (χ2n) is 6.92. The van der Waals surface area contributed by atoms with Gasteiger partial charge in [0.15, 0.2) is 0 Å². The van der Waals surface area contributed by atoms with E-state index in [-0.39, 0.29) is 17.7 Å². The van der Waals surface area contributed by atoms with Crippen molar-refractivity contribution >= 4 is 23.6 Å². The number of benzene rings is 1. The quantitative estimate of drug-likeness (QED) is 0.771. The number of thioether (sulfide) groups is 1. The lowest BCUT2D eigenvalue weighted by Crippen LogP contribution is -2.49. The van der Waals surface area contributed by atoms with Crippen molar-refractivity contribution in [1.29, 1.82) is 5.26 Å². The zero-order valence-corrected chi connectivity index (χ0v) is 16.2. The molecule has 0 radical (unpaired) electrons. The highest BCUT2D eigenvalue weighted by molar-refractivity contribution is 7.99. The summed E-state index contributed by atoms with van der Waals surface area (Å²) in [5.74, 6) is 1.35. The summed E-state index contributed by atoms with van der Waals surface area (Å²) in [5, 5.41) is 8.83. The number of piperidine rings is 1. The van der Waals surface area contributed by atoms with Gasteiger partial charge in [-0.2, -0.15) is 5.26 Å². The van der Waals surface area contributed by atoms with Crippen molar-refractivity contribution in [2.45, 2.75) is 18.6 Å². The Hall–Kier alpha value is -2.04. The summed E-state index contributed by atoms with van der Waals surface area (Å²) >= 11 is 1.57. The van der Waals surface area contributed by atoms with Crippen LogP contribution in [0.25, 0.3) is 0 Å². The largest absolute Gasteiger partial charge is 0.378 e. The monoisotopic (exact) mass is 387 g/mol. The average molecular weight is 388 g/mol. The average Bonchev–Trinajstić information content (AvgIpc) is 2.74. The highest BCUT2D eigenvalue weighted by Gasteiger charge is 2.31. The van der Waals surface area contributed by atoms with Gasteiger partial charge in [0.05, 0.1) is 36.5 Å². The molecular formula is C20H25N3O3S. The third kappa shape index (κ3) is 5.47. The number of likely N-dealkylation sites (tertiary alicyclic amines) is 1. The lowest BCUT2D eigenvalue weighted by molar-refractivity contribution is -0.143. The minimum atomic E-state index is -0.0793. The van der Waals surface area contributed by atoms with Crippen LogP contribution in [0.15, 0.2) is 24.3 Å². The van der Waals surface area contributed by atoms with Crippen molar-refractivity contribution in [3.8, 4) is 6.07 Å². The van der Waals surface area contributed by atoms with Crippen molar-refractivity contribution in [3.63, 3.8) is 0 Å². The van der Waals surface area contributed by atoms with Gasteiger partial charge < -0.3 is 14.5 Å². The van der Waals surface area contributed by atoms with Crippen LogP contribution in [-0.4, -0.2) is 66.8 Å². The van der Waals surface area contributed by atoms with Crippen LogP contribution in [-0.2, 0) is 20.1 Å². The topological polar surface area (TPSA) is 73.6 Å². The number of rotatable bonds is 5. The van der Waals surface area contributed by atoms with Crippen molar-refractivity contribution < 1.29 is 14.3 Å². The number of hydrogen-bond donors (Lipinski definition) is 0. The van der Waals surface area contributed by atoms with E-state index in [1.165, 1.54) is 0 Å². The predicted molar refractivity (Wildman–Crippen MR) is 104 cm³/mol. The molecule has 0 N–H and O–H groups in total. The number of carbonyl (C=O) groups excluding carboxylic acids is 2. The second-order valence-corrected chi connectivity index (χ2v) is 7.90. The van der Waals surface area contributed by atoms with Gasteiger partial charge in [-0.1, -0.05) is 12.1 Å². The van der Waals surface area contributed by atoms with Crippen LogP contribution in [0.5, 0.6) is 0 Å². The zero-order valence-electron chi connectivity index (χ0n) is 15.4. The number of ether oxygens (including phenoxy) is 1. The van der Waals surface area contributed by atoms with Crippen LogP contribution in [0, 0.1) is 17.2 Å². The fraction of sp³-hybridized carbons (Fsp3) is 0.550. The molecule has 27 heavy (non-hydrogen) atoms. The van der Waals surface area contributed by atoms with Crippen LogP contribution in [0.3, 0.4) is 0 Å². The predicted octanol–water partition coefficient (Wildman–Crippen LogP) is 1.89. The molecule has 2 aliphatic heterocycles. The van der Waals surface area contributed by atoms with Gasteiger partial charge in [0.2, 0.25) is 11.8 Å². The van der Waals surface area contributed by atoms with Crippen LogP contribution >= 0.6 is 11.8 Å². The summed E-state index contributed by atoms with van der Waals surface area (Å²) in [6.07, 6.45) is 1.74. The maximum absolute atomic E-state index is 12.7. The van der Waals surface area contributed by atoms with Gasteiger partial charge in [-0.25, -0.2) is 0 Å². The molecule has 3 rings (SSSR count). The van der Waals surface area contributed by atoms with Gasteiger partial charge in [0.1, 0.15) is 0 Å². The Bertz CT molecular complexity index is 695. The van der Waals surface area contributed by atoms with E-state index in [0.717, 1.165) is 30.7 Å². The minimum absolute atomic E-state index is 0.0793. The van der Waals surface area contributed by atoms with E-state index < -0.39 is 0 Å². The fourth-order valence-electron chi connectivity index (χ4n) is 3.47. The molecule has 7 heteroatoms. The SMILES string of the molecule is N#Cc1ccc(CSCC(=O)N2CCCC(C(=O)N3CCOCC3)C2)cc1. The van der Waals surface area contributed by atoms with Crippen LogP contribution in [0.4, 0.5) is 0 Å². The first-order valence-corrected chi connectivity index (χ1v) is 10.5. The first kappa shape index (κ1) is 19.7. The van der Waals surface area contributed by atoms with Gasteiger partial charge in [-0.05, 0) is 30.5 Å². The molecule has 1 unspecified atom stereocenters. The van der Waals surface area contributed by atoms with E-state index in [1.807, 2.05) is 21.9 Å². The van der Waals surface area contributed by atoms with Crippen molar-refractivity contribution in [3.05, 3.63) is 35.4 Å². The summed E-state index contributed by atoms with van der Waals surface area (Å²) in [7, 11) is 0. The van der Waals surface area contributed by atoms with Gasteiger partial charge in [-0.3, -0.25) is 9.59 Å². The van der Waals surface area contributed by atoms with E-state index in [0.29, 0.717) is 44.2 Å². The van der Waals surface area contributed by atoms with Gasteiger partial charge >= 0.3 is 0 Å². The molecule has 0 aliphatic carbocycles. The van der Waals surface area contributed by atoms with Gasteiger partial charge in [0.25, 0.3) is 0 Å². The lowest BCUT2D eigenvalue weighted by atomic mass is 9.96. The first-order chi connectivity index (χ1) is 13.2. The molecule has 2 heterocycles. The second kappa shape index (κ2) is 9.77. The first-order valence-electron chi connectivity index (χ1n) is 9.38. The third-order valence-electron chi connectivity index (χ3n) is 5.02. The number of hydrogen-bond acceptors (Lipinski definition) is 5. The van der Waals surface area contributed by atoms with E-state index in [4.69, 9.17) is 10.00 Å². The maximum Gasteiger partial charge on any atom is 0.232 e. The van der Waals surface area contributed by atoms with Crippen molar-refractivity contribution in [2.24, 2.45) is 5.92 Å². The molecule has 2 aliphatic rings. The Morgan fingerprint density at radius 2 is 1.89 bits per heavy atom. The molecular weight excluding hydrogens is 362 g/mol. The molecule has 0 saturated carbocycles. The molecule has 1 atom stereocenters. The number of morpholine rings is 1. The summed E-state index contributed by atoms with van der Waals surface area (Å²) in [5.41, 5.74) is 1.75. The van der Waals surface area contributed by atoms with Gasteiger partial charge in [-0.15, -0.1) is 11.8 Å². The summed E-state index contributed by atoms with van der Waals surface area (Å²) in [6, 6.07) is 9.54. The molecule has 1 aromatic carbocycles. The molecule has 2 saturated heterocycles. The highest BCUT2D eigenvalue weighted by Crippen LogP contribution is 2.21. The van der Waals surface area contributed by atoms with Crippen molar-refractivity contribution in [1.82, 2.24) is 9.80 Å². The Labute approximate surface area is 164 Å². The Morgan fingerprint density at radius 1 is 1.15 bits per heavy atom. The minimum Gasteiger partial charge on any atom is -0.378 e. The summed E-state index contributed by atoms with van der Waals surface area (Å²) in [4.78, 5) is 28.9. The maximum atomic E-state index is 12.7.